The van der Waals surface area contributed by atoms with Crippen molar-refractivity contribution in [1.29, 1.82) is 0 Å². The van der Waals surface area contributed by atoms with Crippen LogP contribution in [0.4, 0.5) is 0 Å². The number of hydrogen-bond acceptors (Lipinski definition) is 10. The molecule has 0 amide bonds. The number of carbonyl (C=O) groups excluding carboxylic acids is 2. The number of phosphoric acid groups is 1. The van der Waals surface area contributed by atoms with E-state index in [0.717, 1.165) is 77.0 Å². The summed E-state index contributed by atoms with van der Waals surface area (Å²) in [5, 5.41) is 19.0. The Labute approximate surface area is 331 Å². The molecule has 0 fully saturated rings. The van der Waals surface area contributed by atoms with E-state index in [1.54, 1.807) is 6.08 Å². The molecular formula is C42H74NO11P. The fourth-order valence-corrected chi connectivity index (χ4v) is 6.14. The lowest BCUT2D eigenvalue weighted by Gasteiger charge is -2.20. The zero-order chi connectivity index (χ0) is 40.8. The van der Waals surface area contributed by atoms with Gasteiger partial charge in [0.2, 0.25) is 0 Å². The maximum Gasteiger partial charge on any atom is 0.472 e. The van der Waals surface area contributed by atoms with Gasteiger partial charge in [0.05, 0.1) is 19.3 Å². The third-order valence-electron chi connectivity index (χ3n) is 8.66. The van der Waals surface area contributed by atoms with Crippen LogP contribution in [0.3, 0.4) is 0 Å². The molecule has 0 rings (SSSR count). The van der Waals surface area contributed by atoms with Crippen LogP contribution in [0.5, 0.6) is 0 Å². The van der Waals surface area contributed by atoms with Crippen molar-refractivity contribution in [2.75, 3.05) is 19.8 Å². The Hall–Kier alpha value is -2.60. The SMILES string of the molecule is CC/C=C/C/C=C/C=C/C(O)CCCCCCCC(=O)O[C@H](COC(=O)CCCCCCC/C=C\CCCCCCCC)COP(=O)(O)OC[C@H](N)C(=O)O. The maximum absolute atomic E-state index is 12.6. The molecule has 0 aliphatic carbocycles. The second-order valence-electron chi connectivity index (χ2n) is 13.9. The summed E-state index contributed by atoms with van der Waals surface area (Å²) in [5.74, 6) is -2.48. The van der Waals surface area contributed by atoms with Crippen LogP contribution in [-0.4, -0.2) is 71.1 Å². The quantitative estimate of drug-likeness (QED) is 0.0152. The summed E-state index contributed by atoms with van der Waals surface area (Å²) in [7, 11) is -4.74. The number of phosphoric ester groups is 1. The van der Waals surface area contributed by atoms with Gasteiger partial charge in [0.1, 0.15) is 12.6 Å². The molecule has 0 aliphatic heterocycles. The molecule has 0 saturated carbocycles. The zero-order valence-corrected chi connectivity index (χ0v) is 34.8. The van der Waals surface area contributed by atoms with Crippen molar-refractivity contribution in [1.82, 2.24) is 0 Å². The minimum absolute atomic E-state index is 0.0885. The van der Waals surface area contributed by atoms with Crippen LogP contribution in [0.15, 0.2) is 48.6 Å². The van der Waals surface area contributed by atoms with Gasteiger partial charge in [0.25, 0.3) is 0 Å². The molecule has 0 aromatic carbocycles. The molecule has 5 N–H and O–H groups in total. The summed E-state index contributed by atoms with van der Waals surface area (Å²) < 4.78 is 32.6. The highest BCUT2D eigenvalue weighted by molar-refractivity contribution is 7.47. The second kappa shape index (κ2) is 37.0. The van der Waals surface area contributed by atoms with Gasteiger partial charge in [-0.1, -0.05) is 140 Å². The third kappa shape index (κ3) is 36.8. The predicted octanol–water partition coefficient (Wildman–Crippen LogP) is 9.58. The lowest BCUT2D eigenvalue weighted by molar-refractivity contribution is -0.161. The maximum atomic E-state index is 12.6. The van der Waals surface area contributed by atoms with Crippen molar-refractivity contribution in [2.24, 2.45) is 5.73 Å². The number of nitrogens with two attached hydrogens (primary N) is 1. The van der Waals surface area contributed by atoms with E-state index in [0.29, 0.717) is 19.3 Å². The van der Waals surface area contributed by atoms with Gasteiger partial charge in [-0.2, -0.15) is 0 Å². The number of aliphatic carboxylic acids is 1. The Kier molecular flexibility index (Phi) is 35.3. The average Bonchev–Trinajstić information content (AvgIpc) is 3.15. The topological polar surface area (TPSA) is 192 Å². The van der Waals surface area contributed by atoms with Crippen molar-refractivity contribution in [3.8, 4) is 0 Å². The number of aliphatic hydroxyl groups excluding tert-OH is 1. The first-order valence-electron chi connectivity index (χ1n) is 20.8. The number of esters is 2. The number of carboxylic acids is 1. The van der Waals surface area contributed by atoms with Crippen molar-refractivity contribution < 1.29 is 52.6 Å². The van der Waals surface area contributed by atoms with Crippen LogP contribution in [0.1, 0.15) is 162 Å². The van der Waals surface area contributed by atoms with Crippen LogP contribution >= 0.6 is 7.82 Å². The minimum atomic E-state index is -4.74. The number of rotatable bonds is 38. The summed E-state index contributed by atoms with van der Waals surface area (Å²) in [6.07, 6.45) is 36.3. The van der Waals surface area contributed by atoms with Crippen LogP contribution < -0.4 is 5.73 Å². The Morgan fingerprint density at radius 3 is 1.85 bits per heavy atom. The minimum Gasteiger partial charge on any atom is -0.480 e. The molecule has 0 spiro atoms. The standard InChI is InChI=1S/C42H74NO11P/c1-3-5-7-9-11-12-13-14-15-16-17-18-20-24-28-32-40(45)51-34-38(35-52-55(49,50)53-36-39(43)42(47)48)54-41(46)33-29-25-21-23-27-31-37(44)30-26-22-19-10-8-6-4-2/h6,8,14-15,19,22,26,30,37-39,44H,3-5,7,9-13,16-18,20-21,23-25,27-29,31-36,43H2,1-2H3,(H,47,48)(H,49,50)/b8-6+,15-14-,22-19+,30-26+/t37?,38-,39+/m1/s1. The summed E-state index contributed by atoms with van der Waals surface area (Å²) in [6.45, 7) is 2.54. The first-order chi connectivity index (χ1) is 26.5. The number of ether oxygens (including phenoxy) is 2. The van der Waals surface area contributed by atoms with E-state index in [1.807, 2.05) is 18.2 Å². The largest absolute Gasteiger partial charge is 0.480 e. The van der Waals surface area contributed by atoms with E-state index < -0.39 is 57.2 Å². The lowest BCUT2D eigenvalue weighted by atomic mass is 10.1. The predicted molar refractivity (Wildman–Crippen MR) is 218 cm³/mol. The molecule has 0 aliphatic rings. The normalized spacial score (nSPS) is 14.9. The summed E-state index contributed by atoms with van der Waals surface area (Å²) in [4.78, 5) is 45.9. The average molecular weight is 800 g/mol. The van der Waals surface area contributed by atoms with Gasteiger partial charge in [0.15, 0.2) is 6.10 Å². The van der Waals surface area contributed by atoms with Crippen LogP contribution in [0.25, 0.3) is 0 Å². The zero-order valence-electron chi connectivity index (χ0n) is 33.9. The molecule has 4 atom stereocenters. The molecule has 0 aromatic rings. The molecule has 55 heavy (non-hydrogen) atoms. The number of allylic oxidation sites excluding steroid dienone is 7. The van der Waals surface area contributed by atoms with E-state index in [2.05, 4.69) is 42.7 Å². The van der Waals surface area contributed by atoms with Crippen molar-refractivity contribution in [3.05, 3.63) is 48.6 Å². The number of hydrogen-bond donors (Lipinski definition) is 4. The Bertz CT molecular complexity index is 1140. The van der Waals surface area contributed by atoms with Gasteiger partial charge < -0.3 is 30.3 Å². The number of carbonyl (C=O) groups is 3. The van der Waals surface area contributed by atoms with Crippen LogP contribution in [-0.2, 0) is 37.5 Å². The van der Waals surface area contributed by atoms with Gasteiger partial charge in [-0.3, -0.25) is 23.4 Å². The molecule has 318 valence electrons. The first-order valence-corrected chi connectivity index (χ1v) is 22.3. The Morgan fingerprint density at radius 1 is 0.673 bits per heavy atom. The van der Waals surface area contributed by atoms with E-state index >= 15 is 0 Å². The highest BCUT2D eigenvalue weighted by Gasteiger charge is 2.28. The summed E-state index contributed by atoms with van der Waals surface area (Å²) >= 11 is 0. The third-order valence-corrected chi connectivity index (χ3v) is 9.62. The molecule has 0 saturated heterocycles. The number of unbranched alkanes of at least 4 members (excludes halogenated alkanes) is 15. The summed E-state index contributed by atoms with van der Waals surface area (Å²) in [6, 6.07) is -1.54. The Morgan fingerprint density at radius 2 is 1.24 bits per heavy atom. The van der Waals surface area contributed by atoms with Gasteiger partial charge in [-0.15, -0.1) is 0 Å². The van der Waals surface area contributed by atoms with E-state index in [1.165, 1.54) is 38.5 Å². The Balaban J connectivity index is 4.50. The fourth-order valence-electron chi connectivity index (χ4n) is 5.36. The summed E-state index contributed by atoms with van der Waals surface area (Å²) in [5.41, 5.74) is 5.32. The first kappa shape index (κ1) is 52.4. The smallest absolute Gasteiger partial charge is 0.472 e. The molecule has 0 heterocycles. The highest BCUT2D eigenvalue weighted by atomic mass is 31.2. The molecule has 0 bridgehead atoms. The van der Waals surface area contributed by atoms with E-state index in [-0.39, 0.29) is 19.4 Å². The number of carboxylic acid groups (broad SMARTS) is 1. The molecular weight excluding hydrogens is 725 g/mol. The van der Waals surface area contributed by atoms with Crippen molar-refractivity contribution in [2.45, 2.75) is 180 Å². The molecule has 0 radical (unpaired) electrons. The van der Waals surface area contributed by atoms with Gasteiger partial charge in [-0.05, 0) is 57.8 Å². The highest BCUT2D eigenvalue weighted by Crippen LogP contribution is 2.43. The van der Waals surface area contributed by atoms with E-state index in [9.17, 15) is 28.9 Å². The van der Waals surface area contributed by atoms with Gasteiger partial charge in [0, 0.05) is 12.8 Å². The van der Waals surface area contributed by atoms with Crippen LogP contribution in [0, 0.1) is 0 Å². The fraction of sp³-hybridized carbons (Fsp3) is 0.738. The van der Waals surface area contributed by atoms with Gasteiger partial charge >= 0.3 is 25.7 Å². The number of aliphatic hydroxyl groups is 1. The van der Waals surface area contributed by atoms with Crippen molar-refractivity contribution >= 4 is 25.7 Å². The van der Waals surface area contributed by atoms with Crippen LogP contribution in [0.2, 0.25) is 0 Å². The molecule has 13 heteroatoms. The second-order valence-corrected chi connectivity index (χ2v) is 15.4. The monoisotopic (exact) mass is 799 g/mol. The lowest BCUT2D eigenvalue weighted by Crippen LogP contribution is -2.34. The molecule has 2 unspecified atom stereocenters. The van der Waals surface area contributed by atoms with Gasteiger partial charge in [-0.25, -0.2) is 4.57 Å². The molecule has 12 nitrogen and oxygen atoms in total. The molecule has 0 aromatic heterocycles. The van der Waals surface area contributed by atoms with E-state index in [4.69, 9.17) is 24.8 Å². The van der Waals surface area contributed by atoms with Crippen molar-refractivity contribution in [3.63, 3.8) is 0 Å².